The minimum atomic E-state index is 0.153. The molecule has 126 valence electrons. The molecule has 6 nitrogen and oxygen atoms in total. The summed E-state index contributed by atoms with van der Waals surface area (Å²) in [5, 5.41) is 10.0. The second-order valence-corrected chi connectivity index (χ2v) is 6.39. The molecule has 1 fully saturated rings. The second kappa shape index (κ2) is 6.37. The van der Waals surface area contributed by atoms with Gasteiger partial charge in [0.2, 0.25) is 0 Å². The summed E-state index contributed by atoms with van der Waals surface area (Å²) in [7, 11) is 0. The van der Waals surface area contributed by atoms with Crippen molar-refractivity contribution >= 4 is 27.8 Å². The number of imidazole rings is 1. The van der Waals surface area contributed by atoms with Gasteiger partial charge in [-0.25, -0.2) is 9.97 Å². The van der Waals surface area contributed by atoms with Crippen LogP contribution in [-0.4, -0.2) is 39.9 Å². The minimum absolute atomic E-state index is 0.153. The van der Waals surface area contributed by atoms with Crippen molar-refractivity contribution in [3.05, 3.63) is 29.6 Å². The molecule has 24 heavy (non-hydrogen) atoms. The van der Waals surface area contributed by atoms with Gasteiger partial charge in [-0.15, -0.1) is 0 Å². The zero-order valence-corrected chi connectivity index (χ0v) is 13.6. The number of anilines is 1. The van der Waals surface area contributed by atoms with Crippen LogP contribution in [0.3, 0.4) is 0 Å². The Morgan fingerprint density at radius 2 is 2.08 bits per heavy atom. The summed E-state index contributed by atoms with van der Waals surface area (Å²) in [5.74, 6) is 1.85. The summed E-state index contributed by atoms with van der Waals surface area (Å²) in [6, 6.07) is 6.42. The number of nitrogens with two attached hydrogens (primary N) is 1. The van der Waals surface area contributed by atoms with Crippen LogP contribution in [0.2, 0.25) is 0 Å². The van der Waals surface area contributed by atoms with Gasteiger partial charge in [0.05, 0.1) is 5.52 Å². The molecule has 1 aromatic carbocycles. The van der Waals surface area contributed by atoms with Crippen LogP contribution in [0.15, 0.2) is 18.2 Å². The Morgan fingerprint density at radius 3 is 2.88 bits per heavy atom. The average molecular weight is 326 g/mol. The van der Waals surface area contributed by atoms with Gasteiger partial charge in [0.25, 0.3) is 0 Å². The van der Waals surface area contributed by atoms with Crippen LogP contribution < -0.4 is 5.73 Å². The normalized spacial score (nSPS) is 16.2. The average Bonchev–Trinajstić information content (AvgIpc) is 3.05. The quantitative estimate of drug-likeness (QED) is 0.684. The number of ether oxygens (including phenoxy) is 1. The van der Waals surface area contributed by atoms with Crippen molar-refractivity contribution < 1.29 is 9.84 Å². The third-order valence-corrected chi connectivity index (χ3v) is 4.79. The van der Waals surface area contributed by atoms with E-state index in [0.717, 1.165) is 53.8 Å². The van der Waals surface area contributed by atoms with Gasteiger partial charge in [0, 0.05) is 31.6 Å². The Kier molecular flexibility index (Phi) is 4.08. The van der Waals surface area contributed by atoms with Gasteiger partial charge >= 0.3 is 0 Å². The van der Waals surface area contributed by atoms with Crippen molar-refractivity contribution in [2.75, 3.05) is 25.6 Å². The number of hydrogen-bond acceptors (Lipinski definition) is 5. The van der Waals surface area contributed by atoms with Crippen molar-refractivity contribution in [2.24, 2.45) is 0 Å². The zero-order chi connectivity index (χ0) is 16.5. The molecule has 0 atom stereocenters. The molecule has 4 rings (SSSR count). The van der Waals surface area contributed by atoms with Crippen LogP contribution in [0.5, 0.6) is 0 Å². The number of nitrogen functional groups attached to an aromatic ring is 1. The lowest BCUT2D eigenvalue weighted by atomic mass is 9.91. The number of aliphatic hydroxyl groups is 1. The third kappa shape index (κ3) is 2.72. The van der Waals surface area contributed by atoms with E-state index in [0.29, 0.717) is 24.6 Å². The van der Waals surface area contributed by atoms with Gasteiger partial charge in [0.15, 0.2) is 0 Å². The predicted molar refractivity (Wildman–Crippen MR) is 94.0 cm³/mol. The molecule has 0 aliphatic carbocycles. The number of H-pyrrole nitrogens is 1. The number of fused-ring (bicyclic) bond motifs is 3. The number of benzene rings is 1. The maximum absolute atomic E-state index is 9.00. The summed E-state index contributed by atoms with van der Waals surface area (Å²) in [4.78, 5) is 12.5. The third-order valence-electron chi connectivity index (χ3n) is 4.79. The smallest absolute Gasteiger partial charge is 0.150 e. The molecule has 0 saturated carbocycles. The SMILES string of the molecule is Nc1nc2cc(C3CCOCC3)ccc2c2nc(CCCO)[nH]c12. The first kappa shape index (κ1) is 15.4. The molecule has 3 heterocycles. The van der Waals surface area contributed by atoms with Crippen molar-refractivity contribution in [1.82, 2.24) is 15.0 Å². The fraction of sp³-hybridized carbons (Fsp3) is 0.444. The maximum Gasteiger partial charge on any atom is 0.150 e. The number of aryl methyl sites for hydroxylation is 1. The molecule has 0 amide bonds. The largest absolute Gasteiger partial charge is 0.396 e. The highest BCUT2D eigenvalue weighted by Crippen LogP contribution is 2.32. The van der Waals surface area contributed by atoms with Crippen molar-refractivity contribution in [3.8, 4) is 0 Å². The predicted octanol–water partition coefficient (Wildman–Crippen LogP) is 2.51. The Labute approximate surface area is 140 Å². The van der Waals surface area contributed by atoms with Crippen LogP contribution in [0.4, 0.5) is 5.82 Å². The second-order valence-electron chi connectivity index (χ2n) is 6.39. The number of pyridine rings is 1. The molecular formula is C18H22N4O2. The molecule has 2 aromatic heterocycles. The summed E-state index contributed by atoms with van der Waals surface area (Å²) >= 11 is 0. The van der Waals surface area contributed by atoms with Crippen molar-refractivity contribution in [3.63, 3.8) is 0 Å². The van der Waals surface area contributed by atoms with Crippen LogP contribution >= 0.6 is 0 Å². The zero-order valence-electron chi connectivity index (χ0n) is 13.6. The highest BCUT2D eigenvalue weighted by Gasteiger charge is 2.18. The molecule has 0 spiro atoms. The molecule has 4 N–H and O–H groups in total. The lowest BCUT2D eigenvalue weighted by Crippen LogP contribution is -2.14. The van der Waals surface area contributed by atoms with Crippen molar-refractivity contribution in [1.29, 1.82) is 0 Å². The van der Waals surface area contributed by atoms with Crippen LogP contribution in [0, 0.1) is 0 Å². The molecule has 1 aliphatic heterocycles. The number of nitrogens with zero attached hydrogens (tertiary/aromatic N) is 2. The Balaban J connectivity index is 1.78. The first-order valence-electron chi connectivity index (χ1n) is 8.52. The Morgan fingerprint density at radius 1 is 1.25 bits per heavy atom. The highest BCUT2D eigenvalue weighted by atomic mass is 16.5. The molecule has 1 saturated heterocycles. The van der Waals surface area contributed by atoms with E-state index in [4.69, 9.17) is 15.6 Å². The van der Waals surface area contributed by atoms with E-state index >= 15 is 0 Å². The van der Waals surface area contributed by atoms with E-state index in [9.17, 15) is 0 Å². The molecule has 0 bridgehead atoms. The number of aromatic amines is 1. The number of hydrogen-bond donors (Lipinski definition) is 3. The molecule has 1 aliphatic rings. The maximum atomic E-state index is 9.00. The number of rotatable bonds is 4. The van der Waals surface area contributed by atoms with E-state index in [2.05, 4.69) is 33.2 Å². The summed E-state index contributed by atoms with van der Waals surface area (Å²) in [6.07, 6.45) is 3.49. The summed E-state index contributed by atoms with van der Waals surface area (Å²) in [6.45, 7) is 1.80. The molecule has 6 heteroatoms. The topological polar surface area (TPSA) is 97.1 Å². The fourth-order valence-corrected chi connectivity index (χ4v) is 3.48. The lowest BCUT2D eigenvalue weighted by Gasteiger charge is -2.22. The fourth-order valence-electron chi connectivity index (χ4n) is 3.48. The van der Waals surface area contributed by atoms with Gasteiger partial charge in [-0.05, 0) is 36.8 Å². The number of aliphatic hydroxyl groups excluding tert-OH is 1. The van der Waals surface area contributed by atoms with Crippen LogP contribution in [0.25, 0.3) is 21.9 Å². The van der Waals surface area contributed by atoms with Gasteiger partial charge in [-0.2, -0.15) is 0 Å². The highest BCUT2D eigenvalue weighted by molar-refractivity contribution is 6.06. The van der Waals surface area contributed by atoms with Gasteiger partial charge in [-0.1, -0.05) is 12.1 Å². The van der Waals surface area contributed by atoms with E-state index in [1.807, 2.05) is 0 Å². The van der Waals surface area contributed by atoms with E-state index in [1.165, 1.54) is 5.56 Å². The first-order valence-corrected chi connectivity index (χ1v) is 8.52. The Hall–Kier alpha value is -2.18. The van der Waals surface area contributed by atoms with Crippen LogP contribution in [-0.2, 0) is 11.2 Å². The molecule has 3 aromatic rings. The van der Waals surface area contributed by atoms with Gasteiger partial charge in [-0.3, -0.25) is 0 Å². The van der Waals surface area contributed by atoms with Crippen LogP contribution in [0.1, 0.15) is 36.6 Å². The van der Waals surface area contributed by atoms with Crippen molar-refractivity contribution in [2.45, 2.75) is 31.6 Å². The first-order chi connectivity index (χ1) is 11.8. The monoisotopic (exact) mass is 326 g/mol. The van der Waals surface area contributed by atoms with E-state index in [1.54, 1.807) is 0 Å². The number of nitrogens with one attached hydrogen (secondary N) is 1. The lowest BCUT2D eigenvalue weighted by molar-refractivity contribution is 0.0853. The summed E-state index contributed by atoms with van der Waals surface area (Å²) in [5.41, 5.74) is 9.98. The summed E-state index contributed by atoms with van der Waals surface area (Å²) < 4.78 is 5.45. The molecular weight excluding hydrogens is 304 g/mol. The van der Waals surface area contributed by atoms with E-state index in [-0.39, 0.29) is 6.61 Å². The van der Waals surface area contributed by atoms with Gasteiger partial charge < -0.3 is 20.6 Å². The number of aromatic nitrogens is 3. The standard InChI is InChI=1S/C18H22N4O2/c19-18-17-16(21-15(22-17)2-1-7-23)13-4-3-12(10-14(13)20-18)11-5-8-24-9-6-11/h3-4,10-11,23H,1-2,5-9H2,(H2,19,20)(H,21,22). The molecule has 0 unspecified atom stereocenters. The Bertz CT molecular complexity index is 868. The minimum Gasteiger partial charge on any atom is -0.396 e. The molecule has 0 radical (unpaired) electrons. The van der Waals surface area contributed by atoms with Gasteiger partial charge in [0.1, 0.15) is 22.7 Å². The van der Waals surface area contributed by atoms with E-state index < -0.39 is 0 Å².